The van der Waals surface area contributed by atoms with Crippen LogP contribution in [0.2, 0.25) is 0 Å². The fraction of sp³-hybridized carbons (Fsp3) is 0.562. The molecule has 0 aromatic heterocycles. The van der Waals surface area contributed by atoms with E-state index in [0.29, 0.717) is 11.8 Å². The summed E-state index contributed by atoms with van der Waals surface area (Å²) in [4.78, 5) is 11.7. The molecule has 0 aliphatic heterocycles. The summed E-state index contributed by atoms with van der Waals surface area (Å²) in [6, 6.07) is 8.00. The number of nitrogens with one attached hydrogen (secondary N) is 2. The number of hydrogen-bond donors (Lipinski definition) is 2. The fourth-order valence-electron chi connectivity index (χ4n) is 2.70. The van der Waals surface area contributed by atoms with Gasteiger partial charge in [0.25, 0.3) is 0 Å². The van der Waals surface area contributed by atoms with Gasteiger partial charge in [0.15, 0.2) is 0 Å². The summed E-state index contributed by atoms with van der Waals surface area (Å²) >= 11 is 5.66. The minimum absolute atomic E-state index is 0.0295. The number of alkyl halides is 1. The van der Waals surface area contributed by atoms with Crippen LogP contribution in [0.4, 0.5) is 10.5 Å². The van der Waals surface area contributed by atoms with Crippen LogP contribution in [0.3, 0.4) is 0 Å². The van der Waals surface area contributed by atoms with E-state index >= 15 is 0 Å². The molecule has 3 nitrogen and oxygen atoms in total. The molecular formula is C16H23ClN2O. The first kappa shape index (κ1) is 15.2. The molecule has 0 spiro atoms. The van der Waals surface area contributed by atoms with Gasteiger partial charge in [-0.1, -0.05) is 31.4 Å². The average Bonchev–Trinajstić information content (AvgIpc) is 2.48. The Morgan fingerprint density at radius 1 is 1.25 bits per heavy atom. The summed E-state index contributed by atoms with van der Waals surface area (Å²) < 4.78 is 0. The predicted molar refractivity (Wildman–Crippen MR) is 84.6 cm³/mol. The number of urea groups is 1. The lowest BCUT2D eigenvalue weighted by molar-refractivity contribution is 0.250. The highest BCUT2D eigenvalue weighted by atomic mass is 35.5. The number of halogens is 1. The molecule has 0 saturated heterocycles. The Morgan fingerprint density at radius 2 is 1.90 bits per heavy atom. The predicted octanol–water partition coefficient (Wildman–Crippen LogP) is 4.48. The van der Waals surface area contributed by atoms with Gasteiger partial charge in [-0.25, -0.2) is 4.79 Å². The number of rotatable bonds is 4. The summed E-state index contributed by atoms with van der Waals surface area (Å²) in [6.45, 7) is 1.87. The van der Waals surface area contributed by atoms with Gasteiger partial charge in [-0.15, -0.1) is 11.6 Å². The van der Waals surface area contributed by atoms with Crippen molar-refractivity contribution in [2.24, 2.45) is 0 Å². The lowest BCUT2D eigenvalue weighted by Gasteiger charge is -2.22. The van der Waals surface area contributed by atoms with E-state index in [0.717, 1.165) is 5.69 Å². The normalized spacial score (nSPS) is 17.5. The Morgan fingerprint density at radius 3 is 2.50 bits per heavy atom. The quantitative estimate of drug-likeness (QED) is 0.790. The average molecular weight is 295 g/mol. The van der Waals surface area contributed by atoms with Crippen LogP contribution in [0.15, 0.2) is 24.3 Å². The largest absolute Gasteiger partial charge is 0.334 e. The van der Waals surface area contributed by atoms with Crippen LogP contribution in [-0.2, 0) is 0 Å². The molecule has 1 aliphatic carbocycles. The van der Waals surface area contributed by atoms with Crippen LogP contribution in [-0.4, -0.2) is 18.0 Å². The zero-order valence-corrected chi connectivity index (χ0v) is 12.7. The first-order chi connectivity index (χ1) is 9.69. The molecule has 20 heavy (non-hydrogen) atoms. The van der Waals surface area contributed by atoms with Crippen molar-refractivity contribution in [3.05, 3.63) is 29.8 Å². The van der Waals surface area contributed by atoms with Gasteiger partial charge >= 0.3 is 6.03 Å². The highest BCUT2D eigenvalue weighted by molar-refractivity contribution is 6.18. The maximum absolute atomic E-state index is 11.7. The second kappa shape index (κ2) is 7.53. The second-order valence-electron chi connectivity index (χ2n) is 5.61. The van der Waals surface area contributed by atoms with Gasteiger partial charge in [-0.2, -0.15) is 0 Å². The second-order valence-corrected chi connectivity index (χ2v) is 5.92. The molecule has 1 atom stereocenters. The van der Waals surface area contributed by atoms with Crippen LogP contribution >= 0.6 is 11.6 Å². The van der Waals surface area contributed by atoms with E-state index in [2.05, 4.69) is 22.8 Å². The van der Waals surface area contributed by atoms with Gasteiger partial charge in [-0.05, 0) is 43.4 Å². The summed E-state index contributed by atoms with van der Waals surface area (Å²) in [5, 5.41) is 5.60. The number of hydrogen-bond acceptors (Lipinski definition) is 1. The highest BCUT2D eigenvalue weighted by Gasteiger charge is 2.15. The SMILES string of the molecule is C[C@H](CCl)NC(=O)Nc1ccc(C2CCCCC2)cc1. The van der Waals surface area contributed by atoms with Gasteiger partial charge in [-0.3, -0.25) is 0 Å². The lowest BCUT2D eigenvalue weighted by atomic mass is 9.84. The maximum atomic E-state index is 11.7. The molecular weight excluding hydrogens is 272 g/mol. The number of carbonyl (C=O) groups is 1. The molecule has 0 unspecified atom stereocenters. The van der Waals surface area contributed by atoms with Crippen molar-refractivity contribution >= 4 is 23.3 Å². The van der Waals surface area contributed by atoms with Crippen LogP contribution in [0.25, 0.3) is 0 Å². The Kier molecular flexibility index (Phi) is 5.72. The number of carbonyl (C=O) groups excluding carboxylic acids is 1. The monoisotopic (exact) mass is 294 g/mol. The molecule has 0 bridgehead atoms. The van der Waals surface area contributed by atoms with Gasteiger partial charge in [0.1, 0.15) is 0 Å². The fourth-order valence-corrected chi connectivity index (χ4v) is 2.78. The molecule has 1 aromatic rings. The van der Waals surface area contributed by atoms with Gasteiger partial charge < -0.3 is 10.6 Å². The topological polar surface area (TPSA) is 41.1 Å². The van der Waals surface area contributed by atoms with E-state index < -0.39 is 0 Å². The standard InChI is InChI=1S/C16H23ClN2O/c1-12(11-17)18-16(20)19-15-9-7-14(8-10-15)13-5-3-2-4-6-13/h7-10,12-13H,2-6,11H2,1H3,(H2,18,19,20)/t12-/m1/s1. The van der Waals surface area contributed by atoms with Crippen molar-refractivity contribution in [1.29, 1.82) is 0 Å². The molecule has 1 aromatic carbocycles. The van der Waals surface area contributed by atoms with Crippen molar-refractivity contribution in [2.45, 2.75) is 51.0 Å². The molecule has 4 heteroatoms. The molecule has 0 radical (unpaired) electrons. The first-order valence-corrected chi connectivity index (χ1v) is 7.96. The summed E-state index contributed by atoms with van der Waals surface area (Å²) in [5.74, 6) is 1.11. The van der Waals surface area contributed by atoms with Crippen LogP contribution in [0, 0.1) is 0 Å². The molecule has 1 saturated carbocycles. The van der Waals surface area contributed by atoms with Crippen LogP contribution in [0.5, 0.6) is 0 Å². The van der Waals surface area contributed by atoms with E-state index in [9.17, 15) is 4.79 Å². The smallest absolute Gasteiger partial charge is 0.319 e. The van der Waals surface area contributed by atoms with Gasteiger partial charge in [0.05, 0.1) is 0 Å². The molecule has 1 aliphatic rings. The summed E-state index contributed by atoms with van der Waals surface area (Å²) in [6.07, 6.45) is 6.63. The van der Waals surface area contributed by atoms with Crippen LogP contribution in [0.1, 0.15) is 50.5 Å². The number of anilines is 1. The molecule has 2 amide bonds. The summed E-state index contributed by atoms with van der Waals surface area (Å²) in [5.41, 5.74) is 2.22. The molecule has 0 heterocycles. The lowest BCUT2D eigenvalue weighted by Crippen LogP contribution is -2.37. The number of amides is 2. The van der Waals surface area contributed by atoms with Gasteiger partial charge in [0, 0.05) is 17.6 Å². The van der Waals surface area contributed by atoms with Crippen molar-refractivity contribution in [3.8, 4) is 0 Å². The summed E-state index contributed by atoms with van der Waals surface area (Å²) in [7, 11) is 0. The van der Waals surface area contributed by atoms with Crippen LogP contribution < -0.4 is 10.6 Å². The maximum Gasteiger partial charge on any atom is 0.319 e. The molecule has 1 fully saturated rings. The third-order valence-corrected chi connectivity index (χ3v) is 4.32. The van der Waals surface area contributed by atoms with E-state index in [4.69, 9.17) is 11.6 Å². The third kappa shape index (κ3) is 4.41. The highest BCUT2D eigenvalue weighted by Crippen LogP contribution is 2.32. The zero-order chi connectivity index (χ0) is 14.4. The third-order valence-electron chi connectivity index (χ3n) is 3.85. The first-order valence-electron chi connectivity index (χ1n) is 7.42. The van der Waals surface area contributed by atoms with Crippen molar-refractivity contribution in [3.63, 3.8) is 0 Å². The Hall–Kier alpha value is -1.22. The van der Waals surface area contributed by atoms with Crippen molar-refractivity contribution in [2.75, 3.05) is 11.2 Å². The van der Waals surface area contributed by atoms with Gasteiger partial charge in [0.2, 0.25) is 0 Å². The van der Waals surface area contributed by atoms with E-state index in [1.165, 1.54) is 37.7 Å². The minimum atomic E-state index is -0.205. The van der Waals surface area contributed by atoms with Crippen molar-refractivity contribution < 1.29 is 4.79 Å². The Balaban J connectivity index is 1.89. The number of benzene rings is 1. The van der Waals surface area contributed by atoms with E-state index in [1.54, 1.807) is 0 Å². The Labute approximate surface area is 126 Å². The Bertz CT molecular complexity index is 427. The van der Waals surface area contributed by atoms with Crippen molar-refractivity contribution in [1.82, 2.24) is 5.32 Å². The molecule has 110 valence electrons. The van der Waals surface area contributed by atoms with E-state index in [1.807, 2.05) is 19.1 Å². The minimum Gasteiger partial charge on any atom is -0.334 e. The molecule has 2 N–H and O–H groups in total. The molecule has 2 rings (SSSR count). The zero-order valence-electron chi connectivity index (χ0n) is 12.0. The van der Waals surface area contributed by atoms with E-state index in [-0.39, 0.29) is 12.1 Å².